The Morgan fingerprint density at radius 3 is 2.49 bits per heavy atom. The number of hydrogen-bond donors (Lipinski definition) is 3. The van der Waals surface area contributed by atoms with Crippen LogP contribution in [0, 0.1) is 0 Å². The second-order valence-electron chi connectivity index (χ2n) is 9.90. The van der Waals surface area contributed by atoms with Gasteiger partial charge in [0.1, 0.15) is 11.9 Å². The molecule has 3 atom stereocenters. The van der Waals surface area contributed by atoms with E-state index in [1.807, 2.05) is 6.92 Å². The minimum Gasteiger partial charge on any atom is -0.393 e. The zero-order valence-corrected chi connectivity index (χ0v) is 22.6. The van der Waals surface area contributed by atoms with Gasteiger partial charge in [-0.2, -0.15) is 13.2 Å². The molecule has 14 heteroatoms. The van der Waals surface area contributed by atoms with Crippen molar-refractivity contribution in [2.24, 2.45) is 4.99 Å². The lowest BCUT2D eigenvalue weighted by Gasteiger charge is -2.32. The Morgan fingerprint density at radius 2 is 1.97 bits per heavy atom. The molecule has 1 aliphatic carbocycles. The second-order valence-corrected chi connectivity index (χ2v) is 10.3. The zero-order chi connectivity index (χ0) is 29.1. The topological polar surface area (TPSA) is 107 Å². The summed E-state index contributed by atoms with van der Waals surface area (Å²) in [6.07, 6.45) is -5.52. The van der Waals surface area contributed by atoms with Crippen molar-refractivity contribution in [2.75, 3.05) is 11.9 Å². The molecule has 1 saturated carbocycles. The predicted molar refractivity (Wildman–Crippen MR) is 139 cm³/mol. The van der Waals surface area contributed by atoms with E-state index in [1.54, 1.807) is 0 Å². The van der Waals surface area contributed by atoms with Gasteiger partial charge in [-0.1, -0.05) is 19.1 Å². The third-order valence-corrected chi connectivity index (χ3v) is 7.42. The van der Waals surface area contributed by atoms with Crippen molar-refractivity contribution in [1.82, 2.24) is 15.2 Å². The average Bonchev–Trinajstić information content (AvgIpc) is 3.28. The molecule has 3 rings (SSSR count). The molecular weight excluding hydrogens is 545 g/mol. The molecule has 0 radical (unpaired) electrons. The summed E-state index contributed by atoms with van der Waals surface area (Å²) in [5.74, 6) is -1.58. The highest BCUT2D eigenvalue weighted by molar-refractivity contribution is 7.81. The molecule has 8 nitrogen and oxygen atoms in total. The summed E-state index contributed by atoms with van der Waals surface area (Å²) in [4.78, 5) is 35.5. The number of carbonyl (C=O) groups is 2. The van der Waals surface area contributed by atoms with Gasteiger partial charge < -0.3 is 20.6 Å². The Morgan fingerprint density at radius 1 is 1.31 bits per heavy atom. The number of anilines is 1. The largest absolute Gasteiger partial charge is 0.408 e. The number of nitrogens with zero attached hydrogens (tertiary/aromatic N) is 3. The van der Waals surface area contributed by atoms with Gasteiger partial charge in [-0.05, 0) is 52.0 Å². The molecule has 2 amide bonds. The lowest BCUT2D eigenvalue weighted by Crippen LogP contribution is -2.49. The fourth-order valence-electron chi connectivity index (χ4n) is 4.57. The Labute approximate surface area is 228 Å². The monoisotopic (exact) mass is 577 g/mol. The van der Waals surface area contributed by atoms with E-state index in [0.717, 1.165) is 25.1 Å². The fraction of sp³-hybridized carbons (Fsp3) is 0.640. The first-order chi connectivity index (χ1) is 18.2. The smallest absolute Gasteiger partial charge is 0.393 e. The van der Waals surface area contributed by atoms with Gasteiger partial charge in [0.05, 0.1) is 16.7 Å². The number of thiocarbonyl (C=S) groups is 1. The molecule has 39 heavy (non-hydrogen) atoms. The van der Waals surface area contributed by atoms with Gasteiger partial charge in [0.25, 0.3) is 18.2 Å². The van der Waals surface area contributed by atoms with Crippen molar-refractivity contribution in [2.45, 2.75) is 95.7 Å². The highest BCUT2D eigenvalue weighted by Crippen LogP contribution is 2.30. The number of amides is 2. The fourth-order valence-corrected chi connectivity index (χ4v) is 4.89. The van der Waals surface area contributed by atoms with Gasteiger partial charge in [-0.25, -0.2) is 13.8 Å². The SMILES string of the molecule is CC[C@H](Nc1cc(C(F)F)c(C(=S)C(/N=C(\C)C(=O)N[C@H]2C[C@H](O)C2)C(=O)N2CCC[C@@H]2C)cn1)C(F)(F)F. The van der Waals surface area contributed by atoms with E-state index in [0.29, 0.717) is 19.4 Å². The maximum Gasteiger partial charge on any atom is 0.408 e. The van der Waals surface area contributed by atoms with Crippen LogP contribution < -0.4 is 10.6 Å². The summed E-state index contributed by atoms with van der Waals surface area (Å²) in [5.41, 5.74) is -1.12. The average molecular weight is 578 g/mol. The van der Waals surface area contributed by atoms with E-state index >= 15 is 0 Å². The lowest BCUT2D eigenvalue weighted by molar-refractivity contribution is -0.143. The first-order valence-electron chi connectivity index (χ1n) is 12.7. The molecule has 0 spiro atoms. The number of aliphatic hydroxyl groups is 1. The van der Waals surface area contributed by atoms with Crippen LogP contribution in [-0.2, 0) is 9.59 Å². The molecular formula is C25H32F5N5O3S. The summed E-state index contributed by atoms with van der Waals surface area (Å²) in [6.45, 7) is 4.88. The molecule has 0 aromatic carbocycles. The van der Waals surface area contributed by atoms with Gasteiger partial charge in [0.15, 0.2) is 6.04 Å². The number of carbonyl (C=O) groups excluding carboxylic acids is 2. The van der Waals surface area contributed by atoms with Crippen LogP contribution in [0.25, 0.3) is 0 Å². The van der Waals surface area contributed by atoms with Crippen molar-refractivity contribution in [3.63, 3.8) is 0 Å². The first-order valence-corrected chi connectivity index (χ1v) is 13.1. The molecule has 1 saturated heterocycles. The number of aromatic nitrogens is 1. The van der Waals surface area contributed by atoms with Crippen LogP contribution in [-0.4, -0.2) is 80.4 Å². The quantitative estimate of drug-likeness (QED) is 0.168. The number of likely N-dealkylation sites (tertiary alicyclic amines) is 1. The zero-order valence-electron chi connectivity index (χ0n) is 21.8. The normalized spacial score (nSPS) is 23.3. The van der Waals surface area contributed by atoms with Gasteiger partial charge >= 0.3 is 6.18 Å². The van der Waals surface area contributed by atoms with E-state index in [2.05, 4.69) is 20.6 Å². The van der Waals surface area contributed by atoms with Crippen molar-refractivity contribution in [1.29, 1.82) is 0 Å². The minimum absolute atomic E-state index is 0.107. The Kier molecular flexibility index (Phi) is 9.97. The molecule has 2 heterocycles. The van der Waals surface area contributed by atoms with E-state index in [1.165, 1.54) is 18.7 Å². The van der Waals surface area contributed by atoms with Crippen LogP contribution in [0.15, 0.2) is 17.3 Å². The predicted octanol–water partition coefficient (Wildman–Crippen LogP) is 3.97. The standard InChI is InChI=1S/C25H32F5N5O3S/c1-4-18(25(28,29)30)34-19-10-16(22(26)27)17(11-31-19)21(39)20(24(38)35-7-5-6-12(35)2)32-13(3)23(37)33-14-8-15(36)9-14/h10-12,14-15,18,20,22,36H,4-9H2,1-3H3,(H,31,34)(H,33,37)/b32-13+/t12-,14-,15-,18-,20?/m0/s1. The summed E-state index contributed by atoms with van der Waals surface area (Å²) < 4.78 is 67.8. The van der Waals surface area contributed by atoms with E-state index in [9.17, 15) is 36.6 Å². The van der Waals surface area contributed by atoms with E-state index in [-0.39, 0.29) is 34.6 Å². The molecule has 1 aromatic heterocycles. The van der Waals surface area contributed by atoms with Crippen molar-refractivity contribution < 1.29 is 36.6 Å². The number of aliphatic hydroxyl groups excluding tert-OH is 1. The highest BCUT2D eigenvalue weighted by Gasteiger charge is 2.39. The number of nitrogens with one attached hydrogen (secondary N) is 2. The van der Waals surface area contributed by atoms with Crippen molar-refractivity contribution >= 4 is 40.4 Å². The van der Waals surface area contributed by atoms with E-state index < -0.39 is 54.0 Å². The van der Waals surface area contributed by atoms with Crippen LogP contribution in [0.2, 0.25) is 0 Å². The second kappa shape index (κ2) is 12.6. The Hall–Kier alpha value is -2.74. The van der Waals surface area contributed by atoms with Crippen molar-refractivity contribution in [3.05, 3.63) is 23.4 Å². The van der Waals surface area contributed by atoms with Crippen LogP contribution >= 0.6 is 12.2 Å². The molecule has 2 aliphatic rings. The molecule has 3 N–H and O–H groups in total. The number of pyridine rings is 1. The van der Waals surface area contributed by atoms with Crippen LogP contribution in [0.3, 0.4) is 0 Å². The number of hydrogen-bond acceptors (Lipinski definition) is 7. The maximum absolute atomic E-state index is 14.1. The Bertz CT molecular complexity index is 1110. The van der Waals surface area contributed by atoms with E-state index in [4.69, 9.17) is 12.2 Å². The van der Waals surface area contributed by atoms with Crippen LogP contribution in [0.1, 0.15) is 70.4 Å². The van der Waals surface area contributed by atoms with Gasteiger partial charge in [0.2, 0.25) is 0 Å². The number of aliphatic imine (C=N–C) groups is 1. The lowest BCUT2D eigenvalue weighted by atomic mass is 9.89. The molecule has 2 fully saturated rings. The number of rotatable bonds is 10. The third kappa shape index (κ3) is 7.47. The van der Waals surface area contributed by atoms with Gasteiger partial charge in [0, 0.05) is 36.0 Å². The highest BCUT2D eigenvalue weighted by atomic mass is 32.1. The molecule has 1 aromatic rings. The molecule has 1 unspecified atom stereocenters. The van der Waals surface area contributed by atoms with Gasteiger partial charge in [-0.3, -0.25) is 14.6 Å². The third-order valence-electron chi connectivity index (χ3n) is 6.98. The van der Waals surface area contributed by atoms with Crippen LogP contribution in [0.5, 0.6) is 0 Å². The first kappa shape index (κ1) is 30.8. The molecule has 1 aliphatic heterocycles. The molecule has 216 valence electrons. The number of halogens is 5. The van der Waals surface area contributed by atoms with Crippen LogP contribution in [0.4, 0.5) is 27.8 Å². The molecule has 0 bridgehead atoms. The number of alkyl halides is 5. The summed E-state index contributed by atoms with van der Waals surface area (Å²) >= 11 is 5.46. The van der Waals surface area contributed by atoms with Crippen molar-refractivity contribution in [3.8, 4) is 0 Å². The maximum atomic E-state index is 14.1. The summed E-state index contributed by atoms with van der Waals surface area (Å²) in [5, 5.41) is 14.3. The van der Waals surface area contributed by atoms with Gasteiger partial charge in [-0.15, -0.1) is 0 Å². The minimum atomic E-state index is -4.62. The summed E-state index contributed by atoms with van der Waals surface area (Å²) in [7, 11) is 0. The summed E-state index contributed by atoms with van der Waals surface area (Å²) in [6, 6.07) is -3.13. The Balaban J connectivity index is 1.95.